The van der Waals surface area contributed by atoms with Gasteiger partial charge in [-0.25, -0.2) is 0 Å². The Bertz CT molecular complexity index is 531. The third-order valence-corrected chi connectivity index (χ3v) is 2.67. The van der Waals surface area contributed by atoms with Crippen molar-refractivity contribution in [3.63, 3.8) is 0 Å². The van der Waals surface area contributed by atoms with Gasteiger partial charge in [-0.15, -0.1) is 0 Å². The number of nitrogens with two attached hydrogens (primary N) is 1. The van der Waals surface area contributed by atoms with Crippen LogP contribution in [0.3, 0.4) is 0 Å². The van der Waals surface area contributed by atoms with Gasteiger partial charge in [0.1, 0.15) is 0 Å². The lowest BCUT2D eigenvalue weighted by atomic mass is 10.1. The van der Waals surface area contributed by atoms with Crippen LogP contribution in [0.4, 0.5) is 0 Å². The molecule has 5 nitrogen and oxygen atoms in total. The molecule has 2 N–H and O–H groups in total. The summed E-state index contributed by atoms with van der Waals surface area (Å²) in [5, 5.41) is 3.88. The maximum atomic E-state index is 10.7. The molecule has 1 amide bonds. The van der Waals surface area contributed by atoms with E-state index in [0.717, 1.165) is 12.0 Å². The van der Waals surface area contributed by atoms with Crippen molar-refractivity contribution in [3.8, 4) is 11.4 Å². The number of hydrogen-bond acceptors (Lipinski definition) is 4. The number of primary amides is 1. The van der Waals surface area contributed by atoms with Crippen molar-refractivity contribution in [3.05, 3.63) is 35.7 Å². The first-order valence-electron chi connectivity index (χ1n) is 5.89. The Morgan fingerprint density at radius 2 is 2.06 bits per heavy atom. The number of carbonyl (C=O) groups is 1. The second-order valence-electron chi connectivity index (χ2n) is 4.03. The van der Waals surface area contributed by atoms with Crippen LogP contribution in [0.2, 0.25) is 0 Å². The molecule has 18 heavy (non-hydrogen) atoms. The van der Waals surface area contributed by atoms with Crippen LogP contribution in [-0.2, 0) is 17.6 Å². The number of amides is 1. The topological polar surface area (TPSA) is 82.0 Å². The van der Waals surface area contributed by atoms with Crippen LogP contribution in [0.25, 0.3) is 11.4 Å². The van der Waals surface area contributed by atoms with E-state index in [1.807, 2.05) is 24.3 Å². The average molecular weight is 245 g/mol. The Labute approximate surface area is 105 Å². The molecule has 2 rings (SSSR count). The molecule has 0 saturated carbocycles. The van der Waals surface area contributed by atoms with Gasteiger partial charge >= 0.3 is 0 Å². The molecule has 0 aliphatic rings. The molecule has 0 unspecified atom stereocenters. The van der Waals surface area contributed by atoms with E-state index in [1.165, 1.54) is 5.56 Å². The lowest BCUT2D eigenvalue weighted by Gasteiger charge is -1.97. The Balaban J connectivity index is 2.10. The van der Waals surface area contributed by atoms with Gasteiger partial charge in [0, 0.05) is 18.4 Å². The summed E-state index contributed by atoms with van der Waals surface area (Å²) in [5.74, 6) is 0.600. The summed E-state index contributed by atoms with van der Waals surface area (Å²) >= 11 is 0. The number of rotatable bonds is 5. The first-order chi connectivity index (χ1) is 8.69. The van der Waals surface area contributed by atoms with Crippen molar-refractivity contribution in [2.24, 2.45) is 5.73 Å². The van der Waals surface area contributed by atoms with Crippen molar-refractivity contribution in [2.45, 2.75) is 26.2 Å². The summed E-state index contributed by atoms with van der Waals surface area (Å²) in [7, 11) is 0. The highest BCUT2D eigenvalue weighted by Crippen LogP contribution is 2.17. The molecule has 1 heterocycles. The van der Waals surface area contributed by atoms with Gasteiger partial charge in [0.25, 0.3) is 0 Å². The molecule has 2 aromatic rings. The number of aromatic nitrogens is 2. The number of carbonyl (C=O) groups excluding carboxylic acids is 1. The predicted molar refractivity (Wildman–Crippen MR) is 66.6 cm³/mol. The molecule has 94 valence electrons. The van der Waals surface area contributed by atoms with Gasteiger partial charge in [0.05, 0.1) is 0 Å². The quantitative estimate of drug-likeness (QED) is 0.869. The van der Waals surface area contributed by atoms with E-state index in [4.69, 9.17) is 10.3 Å². The monoisotopic (exact) mass is 245 g/mol. The second-order valence-corrected chi connectivity index (χ2v) is 4.03. The summed E-state index contributed by atoms with van der Waals surface area (Å²) < 4.78 is 5.06. The molecule has 1 aromatic heterocycles. The average Bonchev–Trinajstić information content (AvgIpc) is 2.85. The van der Waals surface area contributed by atoms with Gasteiger partial charge in [-0.05, 0) is 12.0 Å². The zero-order valence-corrected chi connectivity index (χ0v) is 10.2. The van der Waals surface area contributed by atoms with E-state index in [1.54, 1.807) is 0 Å². The molecule has 0 fully saturated rings. The minimum absolute atomic E-state index is 0.219. The van der Waals surface area contributed by atoms with Crippen molar-refractivity contribution >= 4 is 5.91 Å². The first kappa shape index (κ1) is 12.3. The summed E-state index contributed by atoms with van der Waals surface area (Å²) in [6.45, 7) is 2.10. The summed E-state index contributed by atoms with van der Waals surface area (Å²) in [6.07, 6.45) is 1.60. The van der Waals surface area contributed by atoms with Crippen LogP contribution < -0.4 is 5.73 Å². The predicted octanol–water partition coefficient (Wildman–Crippen LogP) is 1.72. The maximum absolute atomic E-state index is 10.7. The lowest BCUT2D eigenvalue weighted by molar-refractivity contribution is -0.118. The molecule has 0 saturated heterocycles. The van der Waals surface area contributed by atoms with Crippen LogP contribution in [-0.4, -0.2) is 16.0 Å². The minimum atomic E-state index is -0.373. The molecule has 0 atom stereocenters. The highest BCUT2D eigenvalue weighted by molar-refractivity contribution is 5.73. The summed E-state index contributed by atoms with van der Waals surface area (Å²) in [5.41, 5.74) is 7.23. The molecule has 1 aromatic carbocycles. The molecule has 0 bridgehead atoms. The van der Waals surface area contributed by atoms with Crippen LogP contribution in [0.1, 0.15) is 24.8 Å². The van der Waals surface area contributed by atoms with Crippen LogP contribution in [0.15, 0.2) is 28.8 Å². The standard InChI is InChI=1S/C13H15N3O2/c1-2-9-3-5-10(6-4-9)13-15-12(18-16-13)8-7-11(14)17/h3-6H,2,7-8H2,1H3,(H2,14,17). The number of hydrogen-bond donors (Lipinski definition) is 1. The third kappa shape index (κ3) is 2.94. The fourth-order valence-electron chi connectivity index (χ4n) is 1.59. The van der Waals surface area contributed by atoms with Crippen molar-refractivity contribution in [1.29, 1.82) is 0 Å². The number of aryl methyl sites for hydroxylation is 2. The zero-order valence-electron chi connectivity index (χ0n) is 10.2. The van der Waals surface area contributed by atoms with E-state index >= 15 is 0 Å². The SMILES string of the molecule is CCc1ccc(-c2noc(CCC(N)=O)n2)cc1. The first-order valence-corrected chi connectivity index (χ1v) is 5.89. The van der Waals surface area contributed by atoms with Crippen molar-refractivity contribution in [1.82, 2.24) is 10.1 Å². The van der Waals surface area contributed by atoms with Gasteiger partial charge in [0.2, 0.25) is 17.6 Å². The molecule has 0 spiro atoms. The van der Waals surface area contributed by atoms with Gasteiger partial charge in [-0.3, -0.25) is 4.79 Å². The van der Waals surface area contributed by atoms with E-state index in [-0.39, 0.29) is 12.3 Å². The third-order valence-electron chi connectivity index (χ3n) is 2.67. The molecule has 0 aliphatic carbocycles. The van der Waals surface area contributed by atoms with Crippen LogP contribution in [0, 0.1) is 0 Å². The van der Waals surface area contributed by atoms with Gasteiger partial charge in [-0.1, -0.05) is 36.3 Å². The largest absolute Gasteiger partial charge is 0.370 e. The van der Waals surface area contributed by atoms with E-state index in [2.05, 4.69) is 17.1 Å². The number of benzene rings is 1. The van der Waals surface area contributed by atoms with Crippen molar-refractivity contribution in [2.75, 3.05) is 0 Å². The molecule has 0 aliphatic heterocycles. The van der Waals surface area contributed by atoms with E-state index in [0.29, 0.717) is 18.1 Å². The van der Waals surface area contributed by atoms with E-state index in [9.17, 15) is 4.79 Å². The fraction of sp³-hybridized carbons (Fsp3) is 0.308. The summed E-state index contributed by atoms with van der Waals surface area (Å²) in [6, 6.07) is 7.99. The second kappa shape index (κ2) is 5.44. The Hall–Kier alpha value is -2.17. The van der Waals surface area contributed by atoms with Crippen LogP contribution in [0.5, 0.6) is 0 Å². The van der Waals surface area contributed by atoms with Gasteiger partial charge in [0.15, 0.2) is 0 Å². The van der Waals surface area contributed by atoms with Gasteiger partial charge < -0.3 is 10.3 Å². The van der Waals surface area contributed by atoms with Crippen molar-refractivity contribution < 1.29 is 9.32 Å². The highest BCUT2D eigenvalue weighted by atomic mass is 16.5. The molecule has 0 radical (unpaired) electrons. The smallest absolute Gasteiger partial charge is 0.227 e. The molecular formula is C13H15N3O2. The fourth-order valence-corrected chi connectivity index (χ4v) is 1.59. The normalized spacial score (nSPS) is 10.5. The Kier molecular flexibility index (Phi) is 3.72. The minimum Gasteiger partial charge on any atom is -0.370 e. The number of nitrogens with zero attached hydrogens (tertiary/aromatic N) is 2. The highest BCUT2D eigenvalue weighted by Gasteiger charge is 2.09. The maximum Gasteiger partial charge on any atom is 0.227 e. The van der Waals surface area contributed by atoms with E-state index < -0.39 is 0 Å². The lowest BCUT2D eigenvalue weighted by Crippen LogP contribution is -2.11. The van der Waals surface area contributed by atoms with Gasteiger partial charge in [-0.2, -0.15) is 4.98 Å². The molecule has 5 heteroatoms. The molecular weight excluding hydrogens is 230 g/mol. The zero-order chi connectivity index (χ0) is 13.0. The Morgan fingerprint density at radius 3 is 2.67 bits per heavy atom. The summed E-state index contributed by atoms with van der Waals surface area (Å²) in [4.78, 5) is 14.9. The Morgan fingerprint density at radius 1 is 1.33 bits per heavy atom. The van der Waals surface area contributed by atoms with Crippen LogP contribution >= 0.6 is 0 Å².